The molecular formula is C48H30Cl2F32N2O10. The highest BCUT2D eigenvalue weighted by molar-refractivity contribution is 6.69. The molecule has 0 spiro atoms. The number of nitrogen functional groups attached to an aromatic ring is 2. The fraction of sp³-hybridized carbons (Fsp3) is 0.417. The Bertz CT molecular complexity index is 3280. The molecule has 0 saturated carbocycles. The third-order valence-electron chi connectivity index (χ3n) is 10.7. The minimum Gasteiger partial charge on any atom is -0.428 e. The van der Waals surface area contributed by atoms with Crippen molar-refractivity contribution >= 4 is 56.6 Å². The Morgan fingerprint density at radius 3 is 1.04 bits per heavy atom. The van der Waals surface area contributed by atoms with Crippen LogP contribution in [0.25, 0.3) is 0 Å². The Balaban J connectivity index is 0.000000577. The topological polar surface area (TPSA) is 176 Å². The van der Waals surface area contributed by atoms with E-state index in [0.717, 1.165) is 18.6 Å². The van der Waals surface area contributed by atoms with Crippen LogP contribution in [-0.4, -0.2) is 120 Å². The molecule has 0 fully saturated rings. The number of carbonyl (C=O) groups is 4. The number of rotatable bonds is 25. The summed E-state index contributed by atoms with van der Waals surface area (Å²) >= 11 is 9.99. The summed E-state index contributed by atoms with van der Waals surface area (Å²) in [4.78, 5) is 46.9. The van der Waals surface area contributed by atoms with Crippen molar-refractivity contribution in [3.8, 4) is 11.5 Å². The average Bonchev–Trinajstić information content (AvgIpc) is 0.737. The van der Waals surface area contributed by atoms with E-state index in [0.29, 0.717) is 41.6 Å². The second kappa shape index (κ2) is 28.7. The smallest absolute Gasteiger partial charge is 0.428 e. The number of carbonyl (C=O) groups excluding carboxylic acids is 4. The summed E-state index contributed by atoms with van der Waals surface area (Å²) in [5.74, 6) is -36.2. The van der Waals surface area contributed by atoms with E-state index < -0.39 is 160 Å². The molecule has 0 saturated heterocycles. The van der Waals surface area contributed by atoms with E-state index in [1.165, 1.54) is 15.5 Å². The van der Waals surface area contributed by atoms with Gasteiger partial charge in [-0.1, -0.05) is 37.3 Å². The highest BCUT2D eigenvalue weighted by atomic mass is 35.5. The lowest BCUT2D eigenvalue weighted by Gasteiger charge is -2.38. The molecule has 4 unspecified atom stereocenters. The summed E-state index contributed by atoms with van der Waals surface area (Å²) < 4.78 is 438. The van der Waals surface area contributed by atoms with Crippen LogP contribution in [0.2, 0.25) is 0 Å². The van der Waals surface area contributed by atoms with Gasteiger partial charge in [-0.3, -0.25) is 38.1 Å². The number of anilines is 2. The second-order valence-electron chi connectivity index (χ2n) is 17.8. The number of alkyl halides is 32. The van der Waals surface area contributed by atoms with Gasteiger partial charge in [0, 0.05) is 40.0 Å². The van der Waals surface area contributed by atoms with Gasteiger partial charge in [-0.2, -0.15) is 132 Å². The van der Waals surface area contributed by atoms with Gasteiger partial charge >= 0.3 is 97.6 Å². The Morgan fingerprint density at radius 1 is 0.426 bits per heavy atom. The minimum atomic E-state index is -7.86. The molecule has 12 nitrogen and oxygen atoms in total. The van der Waals surface area contributed by atoms with E-state index in [9.17, 15) is 160 Å². The van der Waals surface area contributed by atoms with E-state index in [-0.39, 0.29) is 12.1 Å². The zero-order valence-electron chi connectivity index (χ0n) is 44.7. The third kappa shape index (κ3) is 19.6. The van der Waals surface area contributed by atoms with Crippen LogP contribution in [0.5, 0.6) is 11.5 Å². The molecule has 4 aromatic carbocycles. The zero-order valence-corrected chi connectivity index (χ0v) is 46.3. The number of ether oxygens (including phenoxy) is 6. The van der Waals surface area contributed by atoms with Gasteiger partial charge in [0.2, 0.25) is 0 Å². The summed E-state index contributed by atoms with van der Waals surface area (Å²) in [6.07, 6.45) is -84.3. The van der Waals surface area contributed by atoms with E-state index in [4.69, 9.17) is 34.7 Å². The van der Waals surface area contributed by atoms with E-state index >= 15 is 0 Å². The Hall–Kier alpha value is -7.06. The van der Waals surface area contributed by atoms with E-state index in [1.54, 1.807) is 43.3 Å². The zero-order chi connectivity index (χ0) is 73.8. The van der Waals surface area contributed by atoms with Crippen molar-refractivity contribution in [3.63, 3.8) is 0 Å². The van der Waals surface area contributed by atoms with Gasteiger partial charge in [0.15, 0.2) is 11.6 Å². The van der Waals surface area contributed by atoms with Crippen LogP contribution in [0.15, 0.2) is 84.9 Å². The molecule has 4 atom stereocenters. The molecule has 94 heavy (non-hydrogen) atoms. The fourth-order valence-electron chi connectivity index (χ4n) is 6.04. The number of ketones is 2. The normalized spacial score (nSPS) is 15.4. The number of halogens is 34. The first-order chi connectivity index (χ1) is 41.8. The van der Waals surface area contributed by atoms with Gasteiger partial charge in [-0.05, 0) is 102 Å². The summed E-state index contributed by atoms with van der Waals surface area (Å²) in [6, 6.07) is 15.7. The van der Waals surface area contributed by atoms with Crippen molar-refractivity contribution in [2.45, 2.75) is 124 Å². The van der Waals surface area contributed by atoms with Crippen molar-refractivity contribution in [1.82, 2.24) is 0 Å². The lowest BCUT2D eigenvalue weighted by Crippen LogP contribution is -2.66. The van der Waals surface area contributed by atoms with Gasteiger partial charge in [0.25, 0.3) is 10.5 Å². The number of benzene rings is 4. The van der Waals surface area contributed by atoms with Crippen LogP contribution in [0, 0.1) is 0 Å². The first-order valence-corrected chi connectivity index (χ1v) is 24.1. The quantitative estimate of drug-likeness (QED) is 0.0278. The minimum absolute atomic E-state index is 0.121. The fourth-order valence-corrected chi connectivity index (χ4v) is 6.26. The van der Waals surface area contributed by atoms with Crippen molar-refractivity contribution < 1.29 is 188 Å². The number of Topliss-reactive ketones (excluding diaryl/α,β-unsaturated/α-hetero) is 2. The summed E-state index contributed by atoms with van der Waals surface area (Å²) in [6.45, 7) is 2.58. The highest BCUT2D eigenvalue weighted by Gasteiger charge is 2.86. The van der Waals surface area contributed by atoms with Crippen molar-refractivity contribution in [3.05, 3.63) is 118 Å². The van der Waals surface area contributed by atoms with Crippen LogP contribution in [-0.2, 0) is 31.8 Å². The maximum Gasteiger partial charge on any atom is 0.462 e. The number of hydrogen-bond acceptors (Lipinski definition) is 12. The molecule has 4 N–H and O–H groups in total. The first kappa shape index (κ1) is 83.0. The average molecular weight is 1470 g/mol. The van der Waals surface area contributed by atoms with Crippen LogP contribution in [0.3, 0.4) is 0 Å². The SMILES string of the molecule is CCc1cccc(CC(=O)c2cc(OC(F)(F)C(F)OC(F)(F)C(F)(OC(F)(F)C(F)(F)C(F)(F)F)C(F)(F)F)cc(C(C)=O)c2)c1.Nc1cccc(N)c1.O=C(Cl)c1cc(OC(F)(F)C(F)OC(F)(F)C(F)(OC(F)(F)C(F)(F)C(F)(F)F)C(F)(F)F)cc(C(=O)Cl)c1. The lowest BCUT2D eigenvalue weighted by atomic mass is 9.98. The molecule has 4 rings (SSSR count). The maximum absolute atomic E-state index is 14.4. The molecular weight excluding hydrogens is 1440 g/mol. The maximum atomic E-state index is 14.4. The Morgan fingerprint density at radius 2 is 0.745 bits per heavy atom. The molecule has 0 aliphatic heterocycles. The molecule has 0 radical (unpaired) electrons. The molecule has 46 heteroatoms. The molecule has 0 aliphatic rings. The summed E-state index contributed by atoms with van der Waals surface area (Å²) in [7, 11) is 0. The first-order valence-electron chi connectivity index (χ1n) is 23.3. The van der Waals surface area contributed by atoms with Gasteiger partial charge in [-0.25, -0.2) is 8.78 Å². The summed E-state index contributed by atoms with van der Waals surface area (Å²) in [5, 5.41) is -3.10. The Labute approximate surface area is 509 Å². The van der Waals surface area contributed by atoms with Gasteiger partial charge < -0.3 is 20.9 Å². The van der Waals surface area contributed by atoms with Crippen LogP contribution >= 0.6 is 23.2 Å². The van der Waals surface area contributed by atoms with Gasteiger partial charge in [-0.15, -0.1) is 0 Å². The molecule has 0 heterocycles. The van der Waals surface area contributed by atoms with Crippen molar-refractivity contribution in [2.75, 3.05) is 11.5 Å². The van der Waals surface area contributed by atoms with Gasteiger partial charge in [0.1, 0.15) is 11.5 Å². The second-order valence-corrected chi connectivity index (χ2v) is 18.5. The predicted octanol–water partition coefficient (Wildman–Crippen LogP) is 17.0. The van der Waals surface area contributed by atoms with E-state index in [2.05, 4.69) is 18.9 Å². The third-order valence-corrected chi connectivity index (χ3v) is 11.1. The largest absolute Gasteiger partial charge is 0.462 e. The van der Waals surface area contributed by atoms with Gasteiger partial charge in [0.05, 0.1) is 0 Å². The van der Waals surface area contributed by atoms with Crippen LogP contribution in [0.1, 0.15) is 66.4 Å². The van der Waals surface area contributed by atoms with Crippen molar-refractivity contribution in [2.24, 2.45) is 0 Å². The molecule has 0 aliphatic carbocycles. The van der Waals surface area contributed by atoms with E-state index in [1.807, 2.05) is 6.07 Å². The lowest BCUT2D eigenvalue weighted by molar-refractivity contribution is -0.543. The highest BCUT2D eigenvalue weighted by Crippen LogP contribution is 2.58. The molecule has 0 aromatic heterocycles. The Kier molecular flexibility index (Phi) is 25.4. The standard InChI is InChI=1S/C26H18F16O5.C16H4Cl2F16O5.C6H8N2/c1-3-13-5-4-6-14(7-13)8-18(44)16-9-15(12(2)43)10-17(11-16)45-20(28,29)19(27)46-26(41,42)22(32,24(36,37)38)47-25(39,40)21(30,31)23(33,34)35;17-7(35)4-1-5(8(18)36)3-6(2-4)37-10(20,21)9(19)38-16(33,34)12(24,14(28,29)30)39-15(31,32)11(22,23)13(25,26)27;7-5-2-1-3-6(8)4-5/h4-7,9-11,19H,3,8H2,1-2H3;1-3,9H;1-4H,7-8H2. The monoisotopic (exact) mass is 1470 g/mol. The summed E-state index contributed by atoms with van der Waals surface area (Å²) in [5.41, 5.74) is 10.2. The molecule has 4 aromatic rings. The molecule has 530 valence electrons. The number of aryl methyl sites for hydroxylation is 1. The van der Waals surface area contributed by atoms with Crippen LogP contribution in [0.4, 0.5) is 152 Å². The predicted molar refractivity (Wildman–Crippen MR) is 249 cm³/mol. The van der Waals surface area contributed by atoms with Crippen molar-refractivity contribution in [1.29, 1.82) is 0 Å². The molecule has 0 amide bonds. The van der Waals surface area contributed by atoms with Crippen LogP contribution < -0.4 is 20.9 Å². The molecule has 0 bridgehead atoms. The number of hydrogen-bond donors (Lipinski definition) is 2. The number of nitrogens with two attached hydrogens (primary N) is 2.